The van der Waals surface area contributed by atoms with Crippen LogP contribution in [0.5, 0.6) is 0 Å². The normalized spacial score (nSPS) is 12.7. The predicted octanol–water partition coefficient (Wildman–Crippen LogP) is 1.96. The Morgan fingerprint density at radius 1 is 1.71 bits per heavy atom. The van der Waals surface area contributed by atoms with Crippen LogP contribution in [0.15, 0.2) is 25.0 Å². The van der Waals surface area contributed by atoms with E-state index in [0.717, 1.165) is 25.3 Å². The molecule has 0 saturated carbocycles. The molecule has 1 aromatic rings. The summed E-state index contributed by atoms with van der Waals surface area (Å²) in [5, 5.41) is 3.41. The number of aromatic nitrogens is 2. The summed E-state index contributed by atoms with van der Waals surface area (Å²) >= 11 is 0. The second-order valence-electron chi connectivity index (χ2n) is 3.44. The van der Waals surface area contributed by atoms with E-state index < -0.39 is 0 Å². The number of hydrogen-bond acceptors (Lipinski definition) is 2. The fourth-order valence-electron chi connectivity index (χ4n) is 1.39. The first-order valence-electron chi connectivity index (χ1n) is 5.12. The predicted molar refractivity (Wildman–Crippen MR) is 59.0 cm³/mol. The van der Waals surface area contributed by atoms with Crippen molar-refractivity contribution in [2.75, 3.05) is 0 Å². The molecule has 0 bridgehead atoms. The summed E-state index contributed by atoms with van der Waals surface area (Å²) in [5.41, 5.74) is 0. The maximum atomic E-state index is 4.29. The van der Waals surface area contributed by atoms with Gasteiger partial charge in [0.2, 0.25) is 0 Å². The highest BCUT2D eigenvalue weighted by Gasteiger charge is 2.02. The molecule has 1 rings (SSSR count). The Hall–Kier alpha value is -1.09. The molecule has 3 nitrogen and oxygen atoms in total. The van der Waals surface area contributed by atoms with E-state index >= 15 is 0 Å². The van der Waals surface area contributed by atoms with E-state index in [0.29, 0.717) is 6.04 Å². The fourth-order valence-corrected chi connectivity index (χ4v) is 1.39. The Bertz CT molecular complexity index is 278. The van der Waals surface area contributed by atoms with Gasteiger partial charge < -0.3 is 9.88 Å². The molecule has 1 aromatic heterocycles. The van der Waals surface area contributed by atoms with Crippen molar-refractivity contribution in [3.8, 4) is 0 Å². The van der Waals surface area contributed by atoms with Crippen LogP contribution in [0.2, 0.25) is 0 Å². The van der Waals surface area contributed by atoms with Gasteiger partial charge in [0.1, 0.15) is 5.82 Å². The summed E-state index contributed by atoms with van der Waals surface area (Å²) in [7, 11) is 0. The molecule has 0 saturated heterocycles. The quantitative estimate of drug-likeness (QED) is 0.700. The van der Waals surface area contributed by atoms with Gasteiger partial charge in [-0.25, -0.2) is 4.98 Å². The van der Waals surface area contributed by atoms with Crippen LogP contribution in [0.3, 0.4) is 0 Å². The average Bonchev–Trinajstić information content (AvgIpc) is 2.62. The van der Waals surface area contributed by atoms with Crippen molar-refractivity contribution in [1.29, 1.82) is 0 Å². The minimum absolute atomic E-state index is 0.467. The van der Waals surface area contributed by atoms with E-state index in [2.05, 4.69) is 35.3 Å². The van der Waals surface area contributed by atoms with Crippen LogP contribution >= 0.6 is 0 Å². The molecular formula is C11H19N3. The molecule has 0 amide bonds. The SMILES string of the molecule is C=CCC(C)NCc1nccn1CC. The third kappa shape index (κ3) is 3.00. The van der Waals surface area contributed by atoms with Crippen LogP contribution in [0, 0.1) is 0 Å². The largest absolute Gasteiger partial charge is 0.334 e. The lowest BCUT2D eigenvalue weighted by molar-refractivity contribution is 0.525. The minimum atomic E-state index is 0.467. The van der Waals surface area contributed by atoms with E-state index in [4.69, 9.17) is 0 Å². The van der Waals surface area contributed by atoms with E-state index in [1.54, 1.807) is 0 Å². The zero-order valence-electron chi connectivity index (χ0n) is 9.03. The molecule has 0 aliphatic carbocycles. The van der Waals surface area contributed by atoms with Gasteiger partial charge in [-0.3, -0.25) is 0 Å². The first-order chi connectivity index (χ1) is 6.77. The van der Waals surface area contributed by atoms with Crippen LogP contribution in [-0.2, 0) is 13.1 Å². The zero-order valence-corrected chi connectivity index (χ0v) is 9.03. The summed E-state index contributed by atoms with van der Waals surface area (Å²) in [5.74, 6) is 1.10. The molecule has 1 unspecified atom stereocenters. The summed E-state index contributed by atoms with van der Waals surface area (Å²) in [6.07, 6.45) is 6.78. The van der Waals surface area contributed by atoms with Gasteiger partial charge in [0.05, 0.1) is 6.54 Å². The Morgan fingerprint density at radius 3 is 3.14 bits per heavy atom. The molecule has 3 heteroatoms. The smallest absolute Gasteiger partial charge is 0.122 e. The number of nitrogens with zero attached hydrogens (tertiary/aromatic N) is 2. The second-order valence-corrected chi connectivity index (χ2v) is 3.44. The number of imidazole rings is 1. The van der Waals surface area contributed by atoms with Crippen LogP contribution in [0.25, 0.3) is 0 Å². The van der Waals surface area contributed by atoms with Crippen LogP contribution in [0.1, 0.15) is 26.1 Å². The molecule has 78 valence electrons. The van der Waals surface area contributed by atoms with Gasteiger partial charge >= 0.3 is 0 Å². The van der Waals surface area contributed by atoms with Gasteiger partial charge in [-0.2, -0.15) is 0 Å². The lowest BCUT2D eigenvalue weighted by Crippen LogP contribution is -2.26. The van der Waals surface area contributed by atoms with Gasteiger partial charge in [0.25, 0.3) is 0 Å². The highest BCUT2D eigenvalue weighted by atomic mass is 15.1. The van der Waals surface area contributed by atoms with E-state index in [-0.39, 0.29) is 0 Å². The fraction of sp³-hybridized carbons (Fsp3) is 0.545. The van der Waals surface area contributed by atoms with Crippen molar-refractivity contribution in [2.45, 2.75) is 39.4 Å². The summed E-state index contributed by atoms with van der Waals surface area (Å²) in [4.78, 5) is 4.29. The van der Waals surface area contributed by atoms with Crippen molar-refractivity contribution in [2.24, 2.45) is 0 Å². The van der Waals surface area contributed by atoms with Crippen LogP contribution < -0.4 is 5.32 Å². The van der Waals surface area contributed by atoms with Crippen molar-refractivity contribution in [3.63, 3.8) is 0 Å². The standard InChI is InChI=1S/C11H19N3/c1-4-6-10(3)13-9-11-12-7-8-14(11)5-2/h4,7-8,10,13H,1,5-6,9H2,2-3H3. The Kier molecular flexibility index (Phi) is 4.40. The monoisotopic (exact) mass is 193 g/mol. The molecule has 0 aliphatic heterocycles. The van der Waals surface area contributed by atoms with Gasteiger partial charge in [-0.05, 0) is 20.3 Å². The molecular weight excluding hydrogens is 174 g/mol. The van der Waals surface area contributed by atoms with E-state index in [1.807, 2.05) is 18.5 Å². The lowest BCUT2D eigenvalue weighted by Gasteiger charge is -2.11. The van der Waals surface area contributed by atoms with Crippen molar-refractivity contribution in [1.82, 2.24) is 14.9 Å². The third-order valence-corrected chi connectivity index (χ3v) is 2.27. The molecule has 0 fully saturated rings. The first kappa shape index (κ1) is 11.0. The van der Waals surface area contributed by atoms with Crippen LogP contribution in [0.4, 0.5) is 0 Å². The average molecular weight is 193 g/mol. The number of hydrogen-bond donors (Lipinski definition) is 1. The van der Waals surface area contributed by atoms with Gasteiger partial charge in [-0.15, -0.1) is 6.58 Å². The molecule has 0 aromatic carbocycles. The van der Waals surface area contributed by atoms with E-state index in [9.17, 15) is 0 Å². The number of aryl methyl sites for hydroxylation is 1. The van der Waals surface area contributed by atoms with E-state index in [1.165, 1.54) is 0 Å². The van der Waals surface area contributed by atoms with Crippen molar-refractivity contribution >= 4 is 0 Å². The van der Waals surface area contributed by atoms with Crippen molar-refractivity contribution in [3.05, 3.63) is 30.9 Å². The number of nitrogens with one attached hydrogen (secondary N) is 1. The number of rotatable bonds is 6. The lowest BCUT2D eigenvalue weighted by atomic mass is 10.2. The molecule has 0 radical (unpaired) electrons. The van der Waals surface area contributed by atoms with Gasteiger partial charge in [-0.1, -0.05) is 6.08 Å². The Morgan fingerprint density at radius 2 is 2.50 bits per heavy atom. The topological polar surface area (TPSA) is 29.9 Å². The summed E-state index contributed by atoms with van der Waals surface area (Å²) in [6.45, 7) is 9.80. The minimum Gasteiger partial charge on any atom is -0.334 e. The molecule has 0 spiro atoms. The zero-order chi connectivity index (χ0) is 10.4. The molecule has 0 aliphatic rings. The van der Waals surface area contributed by atoms with Crippen LogP contribution in [-0.4, -0.2) is 15.6 Å². The van der Waals surface area contributed by atoms with Gasteiger partial charge in [0, 0.05) is 25.0 Å². The molecule has 1 N–H and O–H groups in total. The Balaban J connectivity index is 2.40. The highest BCUT2D eigenvalue weighted by molar-refractivity contribution is 4.92. The Labute approximate surface area is 85.8 Å². The maximum Gasteiger partial charge on any atom is 0.122 e. The molecule has 1 atom stereocenters. The molecule has 1 heterocycles. The highest BCUT2D eigenvalue weighted by Crippen LogP contribution is 1.98. The van der Waals surface area contributed by atoms with Gasteiger partial charge in [0.15, 0.2) is 0 Å². The van der Waals surface area contributed by atoms with Crippen molar-refractivity contribution < 1.29 is 0 Å². The molecule has 14 heavy (non-hydrogen) atoms. The maximum absolute atomic E-state index is 4.29. The third-order valence-electron chi connectivity index (χ3n) is 2.27. The summed E-state index contributed by atoms with van der Waals surface area (Å²) < 4.78 is 2.15. The first-order valence-corrected chi connectivity index (χ1v) is 5.12. The summed E-state index contributed by atoms with van der Waals surface area (Å²) in [6, 6.07) is 0.467. The second kappa shape index (κ2) is 5.60.